The zero-order valence-corrected chi connectivity index (χ0v) is 15.6. The number of nitrogens with one attached hydrogen (secondary N) is 1. The SMILES string of the molecule is Cc1sc2nc(Cc3ccccc3)nc(NCCN(C)C)c2c1C. The summed E-state index contributed by atoms with van der Waals surface area (Å²) < 4.78 is 0. The number of nitrogens with zero attached hydrogens (tertiary/aromatic N) is 3. The summed E-state index contributed by atoms with van der Waals surface area (Å²) in [7, 11) is 4.16. The molecule has 0 aliphatic heterocycles. The van der Waals surface area contributed by atoms with Crippen molar-refractivity contribution in [2.75, 3.05) is 32.5 Å². The molecule has 0 atom stereocenters. The van der Waals surface area contributed by atoms with Crippen LogP contribution in [-0.4, -0.2) is 42.1 Å². The predicted molar refractivity (Wildman–Crippen MR) is 103 cm³/mol. The van der Waals surface area contributed by atoms with Crippen molar-refractivity contribution in [1.29, 1.82) is 0 Å². The third-order valence-electron chi connectivity index (χ3n) is 4.13. The van der Waals surface area contributed by atoms with Gasteiger partial charge in [0.25, 0.3) is 0 Å². The molecule has 3 rings (SSSR count). The van der Waals surface area contributed by atoms with E-state index >= 15 is 0 Å². The van der Waals surface area contributed by atoms with Gasteiger partial charge >= 0.3 is 0 Å². The van der Waals surface area contributed by atoms with Crippen LogP contribution in [0.3, 0.4) is 0 Å². The number of thiophene rings is 1. The second kappa shape index (κ2) is 7.28. The van der Waals surface area contributed by atoms with Gasteiger partial charge in [-0.05, 0) is 39.1 Å². The molecule has 3 aromatic rings. The Morgan fingerprint density at radius 2 is 1.83 bits per heavy atom. The molecule has 0 saturated heterocycles. The van der Waals surface area contributed by atoms with Gasteiger partial charge in [0.1, 0.15) is 16.5 Å². The minimum absolute atomic E-state index is 0.759. The van der Waals surface area contributed by atoms with Gasteiger partial charge in [-0.3, -0.25) is 0 Å². The third kappa shape index (κ3) is 3.74. The first-order valence-corrected chi connectivity index (χ1v) is 9.05. The minimum Gasteiger partial charge on any atom is -0.368 e. The first kappa shape index (κ1) is 16.9. The van der Waals surface area contributed by atoms with Crippen molar-refractivity contribution in [3.8, 4) is 0 Å². The van der Waals surface area contributed by atoms with Gasteiger partial charge in [0.2, 0.25) is 0 Å². The summed E-state index contributed by atoms with van der Waals surface area (Å²) in [5.41, 5.74) is 2.52. The molecule has 126 valence electrons. The molecule has 2 aromatic heterocycles. The van der Waals surface area contributed by atoms with Crippen molar-refractivity contribution in [1.82, 2.24) is 14.9 Å². The summed E-state index contributed by atoms with van der Waals surface area (Å²) in [4.78, 5) is 14.2. The zero-order valence-electron chi connectivity index (χ0n) is 14.8. The van der Waals surface area contributed by atoms with E-state index in [0.29, 0.717) is 0 Å². The maximum atomic E-state index is 4.83. The van der Waals surface area contributed by atoms with Gasteiger partial charge in [0.05, 0.1) is 5.39 Å². The standard InChI is InChI=1S/C19H24N4S/c1-13-14(2)24-19-17(13)18(20-10-11-23(3)4)21-16(22-19)12-15-8-6-5-7-9-15/h5-9H,10-12H2,1-4H3,(H,20,21,22). The molecular formula is C19H24N4S. The molecule has 2 heterocycles. The first-order chi connectivity index (χ1) is 11.5. The topological polar surface area (TPSA) is 41.1 Å². The number of rotatable bonds is 6. The molecule has 24 heavy (non-hydrogen) atoms. The van der Waals surface area contributed by atoms with Crippen LogP contribution in [0.5, 0.6) is 0 Å². The highest BCUT2D eigenvalue weighted by Gasteiger charge is 2.14. The van der Waals surface area contributed by atoms with E-state index in [1.807, 2.05) is 6.07 Å². The average Bonchev–Trinajstić information content (AvgIpc) is 2.82. The van der Waals surface area contributed by atoms with Crippen LogP contribution in [0.1, 0.15) is 21.8 Å². The molecule has 0 bridgehead atoms. The molecule has 0 unspecified atom stereocenters. The van der Waals surface area contributed by atoms with Crippen molar-refractivity contribution >= 4 is 27.4 Å². The molecule has 0 amide bonds. The Hall–Kier alpha value is -1.98. The molecular weight excluding hydrogens is 316 g/mol. The highest BCUT2D eigenvalue weighted by molar-refractivity contribution is 7.18. The zero-order chi connectivity index (χ0) is 17.1. The highest BCUT2D eigenvalue weighted by Crippen LogP contribution is 2.33. The van der Waals surface area contributed by atoms with E-state index in [9.17, 15) is 0 Å². The Morgan fingerprint density at radius 1 is 1.08 bits per heavy atom. The van der Waals surface area contributed by atoms with Crippen molar-refractivity contribution in [3.05, 3.63) is 52.2 Å². The van der Waals surface area contributed by atoms with Crippen LogP contribution in [0, 0.1) is 13.8 Å². The smallest absolute Gasteiger partial charge is 0.138 e. The Labute approximate surface area is 147 Å². The van der Waals surface area contributed by atoms with E-state index in [0.717, 1.165) is 36.0 Å². The van der Waals surface area contributed by atoms with Gasteiger partial charge in [0, 0.05) is 24.4 Å². The molecule has 0 aliphatic carbocycles. The van der Waals surface area contributed by atoms with Gasteiger partial charge in [0.15, 0.2) is 0 Å². The van der Waals surface area contributed by atoms with Gasteiger partial charge < -0.3 is 10.2 Å². The molecule has 0 aliphatic rings. The lowest BCUT2D eigenvalue weighted by atomic mass is 10.1. The summed E-state index contributed by atoms with van der Waals surface area (Å²) in [6.07, 6.45) is 0.759. The number of hydrogen-bond acceptors (Lipinski definition) is 5. The molecule has 0 saturated carbocycles. The van der Waals surface area contributed by atoms with Crippen molar-refractivity contribution in [2.45, 2.75) is 20.3 Å². The van der Waals surface area contributed by atoms with Crippen LogP contribution in [-0.2, 0) is 6.42 Å². The van der Waals surface area contributed by atoms with Crippen LogP contribution in [0.4, 0.5) is 5.82 Å². The molecule has 4 nitrogen and oxygen atoms in total. The summed E-state index contributed by atoms with van der Waals surface area (Å²) in [6.45, 7) is 6.16. The fourth-order valence-corrected chi connectivity index (χ4v) is 3.73. The van der Waals surface area contributed by atoms with Gasteiger partial charge in [-0.1, -0.05) is 30.3 Å². The maximum Gasteiger partial charge on any atom is 0.138 e. The quantitative estimate of drug-likeness (QED) is 0.739. The van der Waals surface area contributed by atoms with Gasteiger partial charge in [-0.25, -0.2) is 9.97 Å². The summed E-state index contributed by atoms with van der Waals surface area (Å²) >= 11 is 1.76. The van der Waals surface area contributed by atoms with E-state index in [-0.39, 0.29) is 0 Å². The van der Waals surface area contributed by atoms with E-state index in [1.54, 1.807) is 11.3 Å². The molecule has 1 aromatic carbocycles. The number of anilines is 1. The number of likely N-dealkylation sites (N-methyl/N-ethyl adjacent to an activating group) is 1. The molecule has 1 N–H and O–H groups in total. The lowest BCUT2D eigenvalue weighted by Crippen LogP contribution is -2.21. The van der Waals surface area contributed by atoms with Crippen LogP contribution < -0.4 is 5.32 Å². The summed E-state index contributed by atoms with van der Waals surface area (Å²) in [5, 5.41) is 4.69. The number of benzene rings is 1. The predicted octanol–water partition coefficient (Wildman–Crippen LogP) is 3.87. The number of aromatic nitrogens is 2. The van der Waals surface area contributed by atoms with Crippen molar-refractivity contribution < 1.29 is 0 Å². The normalized spacial score (nSPS) is 11.4. The maximum absolute atomic E-state index is 4.83. The highest BCUT2D eigenvalue weighted by atomic mass is 32.1. The summed E-state index contributed by atoms with van der Waals surface area (Å²) in [5.74, 6) is 1.84. The Balaban J connectivity index is 1.96. The minimum atomic E-state index is 0.759. The largest absolute Gasteiger partial charge is 0.368 e. The number of hydrogen-bond donors (Lipinski definition) is 1. The third-order valence-corrected chi connectivity index (χ3v) is 5.23. The molecule has 0 fully saturated rings. The molecule has 5 heteroatoms. The van der Waals surface area contributed by atoms with Crippen LogP contribution >= 0.6 is 11.3 Å². The lowest BCUT2D eigenvalue weighted by molar-refractivity contribution is 0.425. The lowest BCUT2D eigenvalue weighted by Gasteiger charge is -2.13. The first-order valence-electron chi connectivity index (χ1n) is 8.23. The second-order valence-corrected chi connectivity index (χ2v) is 7.55. The number of aryl methyl sites for hydroxylation is 2. The van der Waals surface area contributed by atoms with E-state index < -0.39 is 0 Å². The van der Waals surface area contributed by atoms with Crippen LogP contribution in [0.15, 0.2) is 30.3 Å². The Morgan fingerprint density at radius 3 is 2.54 bits per heavy atom. The average molecular weight is 340 g/mol. The molecule has 0 radical (unpaired) electrons. The van der Waals surface area contributed by atoms with Crippen molar-refractivity contribution in [2.24, 2.45) is 0 Å². The fourth-order valence-electron chi connectivity index (χ4n) is 2.68. The van der Waals surface area contributed by atoms with E-state index in [1.165, 1.54) is 21.4 Å². The number of fused-ring (bicyclic) bond motifs is 1. The van der Waals surface area contributed by atoms with Crippen LogP contribution in [0.25, 0.3) is 10.2 Å². The van der Waals surface area contributed by atoms with E-state index in [2.05, 4.69) is 62.4 Å². The van der Waals surface area contributed by atoms with Crippen molar-refractivity contribution in [3.63, 3.8) is 0 Å². The molecule has 0 spiro atoms. The fraction of sp³-hybridized carbons (Fsp3) is 0.368. The van der Waals surface area contributed by atoms with Gasteiger partial charge in [-0.15, -0.1) is 11.3 Å². The van der Waals surface area contributed by atoms with Crippen LogP contribution in [0.2, 0.25) is 0 Å². The van der Waals surface area contributed by atoms with Gasteiger partial charge in [-0.2, -0.15) is 0 Å². The Bertz CT molecular complexity index is 824. The Kier molecular flexibility index (Phi) is 5.11. The second-order valence-electron chi connectivity index (χ2n) is 6.34. The summed E-state index contributed by atoms with van der Waals surface area (Å²) in [6, 6.07) is 10.4. The van der Waals surface area contributed by atoms with E-state index in [4.69, 9.17) is 9.97 Å². The monoisotopic (exact) mass is 340 g/mol.